The van der Waals surface area contributed by atoms with E-state index in [0.29, 0.717) is 13.1 Å². The molecule has 1 N–H and O–H groups in total. The van der Waals surface area contributed by atoms with Crippen LogP contribution in [0.2, 0.25) is 0 Å². The van der Waals surface area contributed by atoms with Crippen molar-refractivity contribution in [2.75, 3.05) is 13.1 Å². The maximum absolute atomic E-state index is 10.8. The maximum Gasteiger partial charge on any atom is 0.322 e. The van der Waals surface area contributed by atoms with Crippen LogP contribution in [-0.2, 0) is 9.59 Å². The summed E-state index contributed by atoms with van der Waals surface area (Å²) >= 11 is 3.81. The zero-order valence-corrected chi connectivity index (χ0v) is 6.74. The van der Waals surface area contributed by atoms with Gasteiger partial charge in [-0.3, -0.25) is 13.9 Å². The molecule has 0 atom stereocenters. The minimum atomic E-state index is -0.548. The Balaban J connectivity index is 2.60. The molecule has 10 heavy (non-hydrogen) atoms. The lowest BCUT2D eigenvalue weighted by atomic mass is 10.4. The predicted molar refractivity (Wildman–Crippen MR) is 41.3 cm³/mol. The highest BCUT2D eigenvalue weighted by Crippen LogP contribution is 2.14. The van der Waals surface area contributed by atoms with Crippen LogP contribution >= 0.6 is 22.6 Å². The molecule has 0 saturated carbocycles. The normalized spacial score (nSPS) is 19.1. The highest BCUT2D eigenvalue weighted by Gasteiger charge is 2.25. The Bertz CT molecular complexity index is 173. The van der Waals surface area contributed by atoms with Gasteiger partial charge in [-0.25, -0.2) is 0 Å². The van der Waals surface area contributed by atoms with Gasteiger partial charge < -0.3 is 5.32 Å². The number of carbonyl (C=O) groups excluding carboxylic acids is 2. The van der Waals surface area contributed by atoms with Gasteiger partial charge >= 0.3 is 11.8 Å². The fourth-order valence-corrected chi connectivity index (χ4v) is 1.44. The Labute approximate surface area is 67.3 Å². The van der Waals surface area contributed by atoms with E-state index in [1.807, 2.05) is 0 Å². The SMILES string of the molecule is O=C1NCCN(SS)C1=O. The molecule has 1 heterocycles. The van der Waals surface area contributed by atoms with Crippen molar-refractivity contribution in [3.63, 3.8) is 0 Å². The van der Waals surface area contributed by atoms with Gasteiger partial charge in [-0.15, -0.1) is 0 Å². The van der Waals surface area contributed by atoms with Crippen LogP contribution in [0.5, 0.6) is 0 Å². The molecule has 2 amide bonds. The van der Waals surface area contributed by atoms with E-state index in [1.165, 1.54) is 4.31 Å². The van der Waals surface area contributed by atoms with Crippen molar-refractivity contribution in [3.8, 4) is 0 Å². The molecule has 0 unspecified atom stereocenters. The van der Waals surface area contributed by atoms with E-state index >= 15 is 0 Å². The van der Waals surface area contributed by atoms with E-state index in [2.05, 4.69) is 17.0 Å². The van der Waals surface area contributed by atoms with Crippen molar-refractivity contribution in [1.82, 2.24) is 9.62 Å². The standard InChI is InChI=1S/C4H6N2O2S2/c7-3-4(8)6(10-9)2-1-5-3/h9H,1-2H2,(H,5,7). The number of hydrogen-bond acceptors (Lipinski definition) is 4. The molecule has 1 rings (SSSR count). The van der Waals surface area contributed by atoms with Gasteiger partial charge in [0.25, 0.3) is 0 Å². The molecule has 0 radical (unpaired) electrons. The average molecular weight is 178 g/mol. The van der Waals surface area contributed by atoms with E-state index in [9.17, 15) is 9.59 Å². The quantitative estimate of drug-likeness (QED) is 0.245. The summed E-state index contributed by atoms with van der Waals surface area (Å²) < 4.78 is 1.31. The smallest absolute Gasteiger partial charge is 0.322 e. The molecule has 0 aromatic heterocycles. The van der Waals surface area contributed by atoms with Gasteiger partial charge in [-0.05, 0) is 0 Å². The van der Waals surface area contributed by atoms with E-state index in [0.717, 1.165) is 11.0 Å². The van der Waals surface area contributed by atoms with Gasteiger partial charge in [-0.2, -0.15) is 0 Å². The first-order valence-corrected chi connectivity index (χ1v) is 4.49. The Kier molecular flexibility index (Phi) is 2.44. The fraction of sp³-hybridized carbons (Fsp3) is 0.500. The summed E-state index contributed by atoms with van der Waals surface area (Å²) in [4.78, 5) is 21.4. The highest BCUT2D eigenvalue weighted by molar-refractivity contribution is 8.67. The monoisotopic (exact) mass is 178 g/mol. The minimum absolute atomic E-state index is 0.512. The molecule has 56 valence electrons. The van der Waals surface area contributed by atoms with Crippen LogP contribution in [0.4, 0.5) is 0 Å². The van der Waals surface area contributed by atoms with Crippen molar-refractivity contribution >= 4 is 34.5 Å². The van der Waals surface area contributed by atoms with Gasteiger partial charge in [0.15, 0.2) is 0 Å². The molecule has 1 fully saturated rings. The number of hydrogen-bond donors (Lipinski definition) is 2. The lowest BCUT2D eigenvalue weighted by molar-refractivity contribution is -0.144. The maximum atomic E-state index is 10.8. The summed E-state index contributed by atoms with van der Waals surface area (Å²) in [6.45, 7) is 1.04. The first-order valence-electron chi connectivity index (χ1n) is 2.67. The number of nitrogens with one attached hydrogen (secondary N) is 1. The molecule has 0 bridgehead atoms. The van der Waals surface area contributed by atoms with Crippen LogP contribution in [0, 0.1) is 0 Å². The van der Waals surface area contributed by atoms with Crippen molar-refractivity contribution in [2.24, 2.45) is 0 Å². The minimum Gasteiger partial charge on any atom is -0.346 e. The second kappa shape index (κ2) is 3.16. The van der Waals surface area contributed by atoms with Crippen LogP contribution in [-0.4, -0.2) is 29.2 Å². The molecule has 0 aromatic carbocycles. The Morgan fingerprint density at radius 3 is 2.80 bits per heavy atom. The molecule has 0 aromatic rings. The first-order chi connectivity index (χ1) is 4.75. The van der Waals surface area contributed by atoms with Crippen LogP contribution in [0.25, 0.3) is 0 Å². The van der Waals surface area contributed by atoms with E-state index in [4.69, 9.17) is 0 Å². The number of thiol groups is 1. The molecule has 0 spiro atoms. The van der Waals surface area contributed by atoms with Crippen molar-refractivity contribution in [2.45, 2.75) is 0 Å². The average Bonchev–Trinajstić information content (AvgIpc) is 1.95. The van der Waals surface area contributed by atoms with Gasteiger partial charge in [-0.1, -0.05) is 11.7 Å². The summed E-state index contributed by atoms with van der Waals surface area (Å²) in [6, 6.07) is 0. The number of piperazine rings is 1. The largest absolute Gasteiger partial charge is 0.346 e. The molecule has 4 nitrogen and oxygen atoms in total. The fourth-order valence-electron chi connectivity index (χ4n) is 0.639. The summed E-state index contributed by atoms with van der Waals surface area (Å²) in [5.41, 5.74) is 0. The van der Waals surface area contributed by atoms with Crippen molar-refractivity contribution < 1.29 is 9.59 Å². The molecule has 6 heteroatoms. The molecular weight excluding hydrogens is 172 g/mol. The predicted octanol–water partition coefficient (Wildman–Crippen LogP) is -0.562. The Morgan fingerprint density at radius 1 is 1.60 bits per heavy atom. The van der Waals surface area contributed by atoms with Crippen LogP contribution < -0.4 is 5.32 Å². The first kappa shape index (κ1) is 7.74. The number of amides is 2. The molecule has 1 aliphatic rings. The number of rotatable bonds is 1. The van der Waals surface area contributed by atoms with E-state index in [-0.39, 0.29) is 0 Å². The lowest BCUT2D eigenvalue weighted by Crippen LogP contribution is -2.48. The second-order valence-corrected chi connectivity index (χ2v) is 2.84. The lowest BCUT2D eigenvalue weighted by Gasteiger charge is -2.22. The van der Waals surface area contributed by atoms with Gasteiger partial charge in [0.1, 0.15) is 0 Å². The van der Waals surface area contributed by atoms with Crippen LogP contribution in [0.1, 0.15) is 0 Å². The van der Waals surface area contributed by atoms with Crippen LogP contribution in [0.3, 0.4) is 0 Å². The van der Waals surface area contributed by atoms with E-state index < -0.39 is 11.8 Å². The second-order valence-electron chi connectivity index (χ2n) is 1.74. The number of carbonyl (C=O) groups is 2. The summed E-state index contributed by atoms with van der Waals surface area (Å²) in [5.74, 6) is -1.07. The Morgan fingerprint density at radius 2 is 2.30 bits per heavy atom. The topological polar surface area (TPSA) is 49.4 Å². The molecule has 1 saturated heterocycles. The zero-order chi connectivity index (χ0) is 7.56. The van der Waals surface area contributed by atoms with E-state index in [1.54, 1.807) is 0 Å². The Hall–Kier alpha value is -0.360. The third-order valence-electron chi connectivity index (χ3n) is 1.12. The van der Waals surface area contributed by atoms with Gasteiger partial charge in [0.2, 0.25) is 0 Å². The number of nitrogens with zero attached hydrogens (tertiary/aromatic N) is 1. The molecular formula is C4H6N2O2S2. The van der Waals surface area contributed by atoms with Crippen molar-refractivity contribution in [1.29, 1.82) is 0 Å². The summed E-state index contributed by atoms with van der Waals surface area (Å²) in [5, 5.41) is 2.42. The summed E-state index contributed by atoms with van der Waals surface area (Å²) in [7, 11) is 0.975. The molecule has 0 aliphatic carbocycles. The zero-order valence-electron chi connectivity index (χ0n) is 5.03. The summed E-state index contributed by atoms with van der Waals surface area (Å²) in [6.07, 6.45) is 0. The van der Waals surface area contributed by atoms with Gasteiger partial charge in [0, 0.05) is 17.5 Å². The van der Waals surface area contributed by atoms with Crippen LogP contribution in [0.15, 0.2) is 0 Å². The molecule has 1 aliphatic heterocycles. The third kappa shape index (κ3) is 1.38. The highest BCUT2D eigenvalue weighted by atomic mass is 33.1. The third-order valence-corrected chi connectivity index (χ3v) is 2.26. The van der Waals surface area contributed by atoms with Gasteiger partial charge in [0.05, 0.1) is 6.54 Å². The van der Waals surface area contributed by atoms with Crippen molar-refractivity contribution in [3.05, 3.63) is 0 Å².